The number of hydrogen-bond donors (Lipinski definition) is 10. The molecule has 31 heteroatoms. The zero-order chi connectivity index (χ0) is 76.2. The van der Waals surface area contributed by atoms with Crippen molar-refractivity contribution in [2.75, 3.05) is 109 Å². The summed E-state index contributed by atoms with van der Waals surface area (Å²) in [5, 5.41) is 41.6. The number of anilines is 4. The van der Waals surface area contributed by atoms with Crippen LogP contribution in [0.4, 0.5) is 37.1 Å². The summed E-state index contributed by atoms with van der Waals surface area (Å²) >= 11 is 0. The first-order valence-corrected chi connectivity index (χ1v) is 33.8. The maximum atomic E-state index is 14.3. The highest BCUT2D eigenvalue weighted by Crippen LogP contribution is 2.38. The Hall–Kier alpha value is -10.8. The van der Waals surface area contributed by atoms with Crippen molar-refractivity contribution >= 4 is 82.4 Å². The maximum absolute atomic E-state index is 14.3. The standard InChI is InChI=1S/C73H96N10O21/c1-13-24-102-73(95)81-64(43(4)5)68(90)75-47(9)66(88)77-51-21-17-49(18-22-51)41-104-72(94)79-57-35-61(59(98-12)33-55(57)70(92)83-37-45(7)31-53(83)39-85)101-26-14-25-100-60-34-56(54(32-58(60)97-11)69(91)82-36-44(6)30-52(82)38-84)78-71(93)103-40-48-15-19-50(20-16-48)76-65(87)46(8)74-67(89)63(42(2)3)80-62(86)23-27-99-29-28-96-10/h13,15-22,32-35,42-43,46-47,52-53,63-64,84-85H,1,6-7,14,23-31,36-41H2,2-5,8-12H3,(H,74,89)(H,75,90)(H,76,87)(H,77,88)(H,78,93)(H,79,94)(H,80,86)(H,81,95)/t46-,47-,52-,53-,63-,64-/m0/s1. The van der Waals surface area contributed by atoms with Crippen LogP contribution in [0.25, 0.3) is 0 Å². The molecule has 2 saturated heterocycles. The predicted molar refractivity (Wildman–Crippen MR) is 383 cm³/mol. The lowest BCUT2D eigenvalue weighted by molar-refractivity contribution is -0.132. The third kappa shape index (κ3) is 24.5. The van der Waals surface area contributed by atoms with Gasteiger partial charge >= 0.3 is 18.3 Å². The van der Waals surface area contributed by atoms with E-state index in [9.17, 15) is 58.2 Å². The Labute approximate surface area is 604 Å². The highest BCUT2D eigenvalue weighted by molar-refractivity contribution is 6.05. The van der Waals surface area contributed by atoms with Crippen LogP contribution in [0.5, 0.6) is 23.0 Å². The van der Waals surface area contributed by atoms with Gasteiger partial charge in [0, 0.05) is 56.5 Å². The number of nitrogens with one attached hydrogen (secondary N) is 8. The van der Waals surface area contributed by atoms with E-state index >= 15 is 0 Å². The van der Waals surface area contributed by atoms with Crippen molar-refractivity contribution in [2.45, 2.75) is 117 Å². The smallest absolute Gasteiger partial charge is 0.411 e. The average molecular weight is 1450 g/mol. The highest BCUT2D eigenvalue weighted by atomic mass is 16.6. The molecular weight excluding hydrogens is 1350 g/mol. The molecule has 2 fully saturated rings. The third-order valence-electron chi connectivity index (χ3n) is 16.4. The Morgan fingerprint density at radius 1 is 0.519 bits per heavy atom. The molecule has 31 nitrogen and oxygen atoms in total. The number of nitrogens with zero attached hydrogens (tertiary/aromatic N) is 2. The van der Waals surface area contributed by atoms with Crippen molar-refractivity contribution in [3.63, 3.8) is 0 Å². The van der Waals surface area contributed by atoms with Gasteiger partial charge in [-0.2, -0.15) is 0 Å². The second-order valence-corrected chi connectivity index (χ2v) is 25.2. The van der Waals surface area contributed by atoms with Gasteiger partial charge in [0.1, 0.15) is 44.0 Å². The van der Waals surface area contributed by atoms with Gasteiger partial charge in [-0.3, -0.25) is 44.2 Å². The first kappa shape index (κ1) is 82.2. The lowest BCUT2D eigenvalue weighted by Gasteiger charge is -2.25. The van der Waals surface area contributed by atoms with Crippen molar-refractivity contribution < 1.29 is 101 Å². The summed E-state index contributed by atoms with van der Waals surface area (Å²) in [5.41, 5.74) is 3.06. The monoisotopic (exact) mass is 1450 g/mol. The molecule has 0 radical (unpaired) electrons. The Kier molecular flexibility index (Phi) is 32.2. The summed E-state index contributed by atoms with van der Waals surface area (Å²) in [6.07, 6.45) is -0.447. The number of rotatable bonds is 38. The molecule has 2 aliphatic rings. The van der Waals surface area contributed by atoms with Crippen LogP contribution in [0.15, 0.2) is 110 Å². The molecule has 0 bridgehead atoms. The normalized spacial score (nSPS) is 15.1. The van der Waals surface area contributed by atoms with Gasteiger partial charge in [0.25, 0.3) is 11.8 Å². The number of benzene rings is 4. The van der Waals surface area contributed by atoms with E-state index < -0.39 is 90.0 Å². The van der Waals surface area contributed by atoms with E-state index in [1.54, 1.807) is 76.2 Å². The maximum Gasteiger partial charge on any atom is 0.411 e. The minimum Gasteiger partial charge on any atom is -0.493 e. The number of aliphatic hydroxyl groups is 2. The molecule has 2 heterocycles. The molecule has 6 rings (SSSR count). The van der Waals surface area contributed by atoms with E-state index in [4.69, 9.17) is 42.6 Å². The van der Waals surface area contributed by atoms with Crippen LogP contribution in [0.3, 0.4) is 0 Å². The lowest BCUT2D eigenvalue weighted by Crippen LogP contribution is -2.53. The molecule has 0 aromatic heterocycles. The lowest BCUT2D eigenvalue weighted by atomic mass is 10.0. The quantitative estimate of drug-likeness (QED) is 0.0128. The van der Waals surface area contributed by atoms with Gasteiger partial charge in [-0.1, -0.05) is 88.9 Å². The van der Waals surface area contributed by atoms with Gasteiger partial charge in [0.15, 0.2) is 23.0 Å². The van der Waals surface area contributed by atoms with E-state index in [-0.39, 0.29) is 142 Å². The zero-order valence-electron chi connectivity index (χ0n) is 60.1. The molecule has 4 aromatic rings. The number of hydrogen-bond acceptors (Lipinski definition) is 21. The number of ether oxygens (including phenoxy) is 9. The fraction of sp³-hybridized carbons (Fsp3) is 0.452. The fourth-order valence-corrected chi connectivity index (χ4v) is 10.7. The Morgan fingerprint density at radius 3 is 1.35 bits per heavy atom. The number of aliphatic hydroxyl groups excluding tert-OH is 2. The molecular formula is C73H96N10O21. The van der Waals surface area contributed by atoms with Crippen LogP contribution in [0.1, 0.15) is 99.1 Å². The molecule has 0 unspecified atom stereocenters. The number of alkyl carbamates (subject to hydrolysis) is 1. The molecule has 0 saturated carbocycles. The molecule has 564 valence electrons. The van der Waals surface area contributed by atoms with Crippen molar-refractivity contribution in [3.8, 4) is 23.0 Å². The summed E-state index contributed by atoms with van der Waals surface area (Å²) in [4.78, 5) is 136. The molecule has 10 N–H and O–H groups in total. The summed E-state index contributed by atoms with van der Waals surface area (Å²) in [7, 11) is 4.26. The minimum absolute atomic E-state index is 0.0212. The fourth-order valence-electron chi connectivity index (χ4n) is 10.7. The molecule has 0 aliphatic carbocycles. The van der Waals surface area contributed by atoms with Gasteiger partial charge < -0.3 is 94.5 Å². The van der Waals surface area contributed by atoms with Gasteiger partial charge in [-0.25, -0.2) is 14.4 Å². The van der Waals surface area contributed by atoms with E-state index in [1.807, 2.05) is 0 Å². The van der Waals surface area contributed by atoms with E-state index in [2.05, 4.69) is 62.3 Å². The van der Waals surface area contributed by atoms with Crippen molar-refractivity contribution in [2.24, 2.45) is 11.8 Å². The first-order valence-electron chi connectivity index (χ1n) is 33.8. The van der Waals surface area contributed by atoms with Crippen LogP contribution in [0.2, 0.25) is 0 Å². The number of amides is 10. The van der Waals surface area contributed by atoms with Crippen LogP contribution < -0.4 is 61.5 Å². The van der Waals surface area contributed by atoms with Gasteiger partial charge in [-0.05, 0) is 86.1 Å². The third-order valence-corrected chi connectivity index (χ3v) is 16.4. The van der Waals surface area contributed by atoms with Crippen LogP contribution >= 0.6 is 0 Å². The number of carbonyl (C=O) groups excluding carboxylic acids is 10. The van der Waals surface area contributed by atoms with Crippen molar-refractivity contribution in [1.29, 1.82) is 0 Å². The first-order chi connectivity index (χ1) is 49.7. The van der Waals surface area contributed by atoms with Crippen LogP contribution in [-0.2, 0) is 60.9 Å². The minimum atomic E-state index is -1.01. The van der Waals surface area contributed by atoms with Crippen molar-refractivity contribution in [3.05, 3.63) is 132 Å². The van der Waals surface area contributed by atoms with E-state index in [0.29, 0.717) is 59.7 Å². The largest absolute Gasteiger partial charge is 0.493 e. The van der Waals surface area contributed by atoms with Gasteiger partial charge in [0.05, 0.1) is 95.1 Å². The SMILES string of the molecule is C=CCOC(=O)N[C@H](C(=O)N[C@@H](C)C(=O)Nc1ccc(COC(=O)Nc2cc(OCCCOc3cc(NC(=O)OCc4ccc(NC(=O)[C@H](C)NC(=O)[C@@H](NC(=O)CCOCCOC)C(C)C)cc4)c(C(=O)N4CC(=C)C[C@H]4CO)cc3OC)c(OC)cc2C(=O)N2CC(=C)C[C@H]2CO)cc1)C(C)C. The Bertz CT molecular complexity index is 3700. The summed E-state index contributed by atoms with van der Waals surface area (Å²) in [6.45, 7) is 21.2. The van der Waals surface area contributed by atoms with E-state index in [0.717, 1.165) is 0 Å². The number of likely N-dealkylation sites (tertiary alicyclic amines) is 2. The Morgan fingerprint density at radius 2 is 0.952 bits per heavy atom. The molecule has 2 aliphatic heterocycles. The summed E-state index contributed by atoms with van der Waals surface area (Å²) in [5.74, 6) is -3.97. The van der Waals surface area contributed by atoms with Gasteiger partial charge in [0.2, 0.25) is 29.5 Å². The highest BCUT2D eigenvalue weighted by Gasteiger charge is 2.36. The molecule has 6 atom stereocenters. The Balaban J connectivity index is 1.09. The second-order valence-electron chi connectivity index (χ2n) is 25.2. The summed E-state index contributed by atoms with van der Waals surface area (Å²) < 4.78 is 50.2. The number of carbonyl (C=O) groups is 10. The van der Waals surface area contributed by atoms with Gasteiger partial charge in [-0.15, -0.1) is 0 Å². The second kappa shape index (κ2) is 40.8. The molecule has 10 amide bonds. The van der Waals surface area contributed by atoms with E-state index in [1.165, 1.54) is 75.3 Å². The van der Waals surface area contributed by atoms with Crippen molar-refractivity contribution in [1.82, 2.24) is 31.1 Å². The average Bonchev–Trinajstić information content (AvgIpc) is 1.79. The summed E-state index contributed by atoms with van der Waals surface area (Å²) in [6, 6.07) is 13.1. The topological polar surface area (TPSA) is 397 Å². The molecule has 0 spiro atoms. The zero-order valence-corrected chi connectivity index (χ0v) is 60.1. The molecule has 4 aromatic carbocycles. The van der Waals surface area contributed by atoms with Crippen LogP contribution in [0, 0.1) is 11.8 Å². The molecule has 104 heavy (non-hydrogen) atoms. The number of methoxy groups -OCH3 is 3. The predicted octanol–water partition coefficient (Wildman–Crippen LogP) is 6.59. The van der Waals surface area contributed by atoms with Crippen LogP contribution in [-0.4, -0.2) is 203 Å².